The molecule has 16 heavy (non-hydrogen) atoms. The minimum Gasteiger partial charge on any atom is -0.497 e. The number of nitrogens with one attached hydrogen (secondary N) is 1. The van der Waals surface area contributed by atoms with E-state index >= 15 is 0 Å². The molecule has 1 saturated carbocycles. The summed E-state index contributed by atoms with van der Waals surface area (Å²) >= 11 is 0. The van der Waals surface area contributed by atoms with Crippen LogP contribution in [-0.4, -0.2) is 19.6 Å². The van der Waals surface area contributed by atoms with Gasteiger partial charge >= 0.3 is 0 Å². The van der Waals surface area contributed by atoms with Crippen molar-refractivity contribution in [3.05, 3.63) is 23.8 Å². The van der Waals surface area contributed by atoms with Crippen LogP contribution in [0.3, 0.4) is 0 Å². The maximum absolute atomic E-state index is 7.46. The van der Waals surface area contributed by atoms with Gasteiger partial charge in [0.05, 0.1) is 19.3 Å². The maximum Gasteiger partial charge on any atom is 0.133 e. The molecule has 0 bridgehead atoms. The lowest BCUT2D eigenvalue weighted by Crippen LogP contribution is -2.13. The monoisotopic (exact) mass is 220 g/mol. The summed E-state index contributed by atoms with van der Waals surface area (Å²) in [5, 5.41) is 7.46. The Morgan fingerprint density at radius 2 is 2.25 bits per heavy atom. The van der Waals surface area contributed by atoms with Crippen LogP contribution < -0.4 is 15.2 Å². The summed E-state index contributed by atoms with van der Waals surface area (Å²) in [7, 11) is 1.60. The van der Waals surface area contributed by atoms with Gasteiger partial charge in [-0.25, -0.2) is 0 Å². The number of rotatable bonds is 5. The largest absolute Gasteiger partial charge is 0.497 e. The fraction of sp³-hybridized carbons (Fsp3) is 0.417. The molecule has 0 unspecified atom stereocenters. The number of nitrogen functional groups attached to an aromatic ring is 1. The number of ether oxygens (including phenoxy) is 2. The van der Waals surface area contributed by atoms with Gasteiger partial charge in [-0.1, -0.05) is 0 Å². The topological polar surface area (TPSA) is 68.3 Å². The van der Waals surface area contributed by atoms with Gasteiger partial charge in [0.15, 0.2) is 0 Å². The summed E-state index contributed by atoms with van der Waals surface area (Å²) in [6.45, 7) is 0.702. The lowest BCUT2D eigenvalue weighted by Gasteiger charge is -2.11. The molecule has 0 radical (unpaired) electrons. The predicted octanol–water partition coefficient (Wildman–Crippen LogP) is 1.77. The van der Waals surface area contributed by atoms with Gasteiger partial charge in [0.1, 0.15) is 17.3 Å². The molecule has 3 N–H and O–H groups in total. The molecule has 0 aromatic heterocycles. The van der Waals surface area contributed by atoms with Crippen LogP contribution in [0.4, 0.5) is 0 Å². The fourth-order valence-electron chi connectivity index (χ4n) is 1.46. The van der Waals surface area contributed by atoms with Crippen molar-refractivity contribution in [1.29, 1.82) is 5.41 Å². The summed E-state index contributed by atoms with van der Waals surface area (Å²) in [6, 6.07) is 5.31. The number of benzene rings is 1. The van der Waals surface area contributed by atoms with E-state index in [2.05, 4.69) is 0 Å². The molecule has 0 saturated heterocycles. The van der Waals surface area contributed by atoms with E-state index < -0.39 is 0 Å². The standard InChI is InChI=1S/C12H16N2O2/c1-15-9-4-5-10(12(13)14)11(6-9)16-7-8-2-3-8/h4-6,8H,2-3,7H2,1H3,(H3,13,14). The molecular formula is C12H16N2O2. The van der Waals surface area contributed by atoms with Crippen LogP contribution >= 0.6 is 0 Å². The fourth-order valence-corrected chi connectivity index (χ4v) is 1.46. The average Bonchev–Trinajstić information content (AvgIpc) is 3.09. The molecule has 0 aliphatic heterocycles. The van der Waals surface area contributed by atoms with Crippen molar-refractivity contribution in [2.45, 2.75) is 12.8 Å². The molecule has 1 aliphatic rings. The highest BCUT2D eigenvalue weighted by Crippen LogP contribution is 2.31. The Balaban J connectivity index is 2.18. The van der Waals surface area contributed by atoms with Gasteiger partial charge in [0, 0.05) is 6.07 Å². The van der Waals surface area contributed by atoms with Crippen molar-refractivity contribution in [1.82, 2.24) is 0 Å². The minimum absolute atomic E-state index is 0.0217. The van der Waals surface area contributed by atoms with E-state index in [0.717, 1.165) is 5.75 Å². The molecule has 1 aliphatic carbocycles. The summed E-state index contributed by atoms with van der Waals surface area (Å²) in [5.41, 5.74) is 6.12. The van der Waals surface area contributed by atoms with E-state index in [-0.39, 0.29) is 5.84 Å². The molecule has 1 aromatic rings. The number of methoxy groups -OCH3 is 1. The number of nitrogens with two attached hydrogens (primary N) is 1. The molecule has 0 atom stereocenters. The van der Waals surface area contributed by atoms with E-state index in [1.165, 1.54) is 12.8 Å². The zero-order chi connectivity index (χ0) is 11.5. The zero-order valence-corrected chi connectivity index (χ0v) is 9.32. The summed E-state index contributed by atoms with van der Waals surface area (Å²) < 4.78 is 10.8. The summed E-state index contributed by atoms with van der Waals surface area (Å²) in [4.78, 5) is 0. The van der Waals surface area contributed by atoms with Gasteiger partial charge in [-0.15, -0.1) is 0 Å². The lowest BCUT2D eigenvalue weighted by atomic mass is 10.1. The molecular weight excluding hydrogens is 204 g/mol. The second-order valence-corrected chi connectivity index (χ2v) is 4.03. The smallest absolute Gasteiger partial charge is 0.133 e. The predicted molar refractivity (Wildman–Crippen MR) is 62.2 cm³/mol. The first-order valence-corrected chi connectivity index (χ1v) is 5.36. The van der Waals surface area contributed by atoms with Crippen LogP contribution in [0.15, 0.2) is 18.2 Å². The molecule has 1 fully saturated rings. The normalized spacial score (nSPS) is 14.6. The van der Waals surface area contributed by atoms with Crippen LogP contribution in [0.25, 0.3) is 0 Å². The highest BCUT2D eigenvalue weighted by Gasteiger charge is 2.22. The van der Waals surface area contributed by atoms with Gasteiger partial charge in [0.2, 0.25) is 0 Å². The first kappa shape index (κ1) is 10.8. The van der Waals surface area contributed by atoms with Crippen molar-refractivity contribution in [3.8, 4) is 11.5 Å². The molecule has 1 aromatic carbocycles. The second kappa shape index (κ2) is 4.43. The van der Waals surface area contributed by atoms with Crippen LogP contribution in [-0.2, 0) is 0 Å². The maximum atomic E-state index is 7.46. The molecule has 86 valence electrons. The van der Waals surface area contributed by atoms with Crippen molar-refractivity contribution < 1.29 is 9.47 Å². The van der Waals surface area contributed by atoms with Gasteiger partial charge in [-0.05, 0) is 30.9 Å². The molecule has 4 nitrogen and oxygen atoms in total. The van der Waals surface area contributed by atoms with Crippen LogP contribution in [0.5, 0.6) is 11.5 Å². The van der Waals surface area contributed by atoms with E-state index in [0.29, 0.717) is 23.8 Å². The number of hydrogen-bond acceptors (Lipinski definition) is 3. The molecule has 0 spiro atoms. The number of amidine groups is 1. The summed E-state index contributed by atoms with van der Waals surface area (Å²) in [6.07, 6.45) is 2.47. The quantitative estimate of drug-likeness (QED) is 0.587. The van der Waals surface area contributed by atoms with Crippen molar-refractivity contribution in [3.63, 3.8) is 0 Å². The third kappa shape index (κ3) is 2.45. The highest BCUT2D eigenvalue weighted by atomic mass is 16.5. The van der Waals surface area contributed by atoms with Crippen LogP contribution in [0.1, 0.15) is 18.4 Å². The number of hydrogen-bond donors (Lipinski definition) is 2. The Hall–Kier alpha value is -1.71. The van der Waals surface area contributed by atoms with Crippen molar-refractivity contribution in [2.75, 3.05) is 13.7 Å². The molecule has 2 rings (SSSR count). The zero-order valence-electron chi connectivity index (χ0n) is 9.32. The molecule has 4 heteroatoms. The third-order valence-corrected chi connectivity index (χ3v) is 2.65. The van der Waals surface area contributed by atoms with Gasteiger partial charge < -0.3 is 15.2 Å². The SMILES string of the molecule is COc1ccc(C(=N)N)c(OCC2CC2)c1. The first-order chi connectivity index (χ1) is 7.70. The third-order valence-electron chi connectivity index (χ3n) is 2.65. The van der Waals surface area contributed by atoms with Gasteiger partial charge in [0.25, 0.3) is 0 Å². The van der Waals surface area contributed by atoms with Crippen molar-refractivity contribution in [2.24, 2.45) is 11.7 Å². The van der Waals surface area contributed by atoms with E-state index in [1.54, 1.807) is 25.3 Å². The van der Waals surface area contributed by atoms with Gasteiger partial charge in [-0.2, -0.15) is 0 Å². The lowest BCUT2D eigenvalue weighted by molar-refractivity contribution is 0.297. The van der Waals surface area contributed by atoms with Crippen molar-refractivity contribution >= 4 is 5.84 Å². The Morgan fingerprint density at radius 1 is 1.50 bits per heavy atom. The van der Waals surface area contributed by atoms with Crippen LogP contribution in [0, 0.1) is 11.3 Å². The van der Waals surface area contributed by atoms with E-state index in [1.807, 2.05) is 0 Å². The second-order valence-electron chi connectivity index (χ2n) is 4.03. The van der Waals surface area contributed by atoms with Gasteiger partial charge in [-0.3, -0.25) is 5.41 Å². The Kier molecular flexibility index (Phi) is 2.99. The highest BCUT2D eigenvalue weighted by molar-refractivity contribution is 5.97. The average molecular weight is 220 g/mol. The Bertz CT molecular complexity index is 400. The van der Waals surface area contributed by atoms with E-state index in [4.69, 9.17) is 20.6 Å². The Morgan fingerprint density at radius 3 is 2.81 bits per heavy atom. The molecule has 0 amide bonds. The minimum atomic E-state index is 0.0217. The van der Waals surface area contributed by atoms with Crippen LogP contribution in [0.2, 0.25) is 0 Å². The molecule has 0 heterocycles. The Labute approximate surface area is 94.9 Å². The summed E-state index contributed by atoms with van der Waals surface area (Å²) in [5.74, 6) is 2.05. The van der Waals surface area contributed by atoms with E-state index in [9.17, 15) is 0 Å². The first-order valence-electron chi connectivity index (χ1n) is 5.36.